The highest BCUT2D eigenvalue weighted by molar-refractivity contribution is 9.10. The van der Waals surface area contributed by atoms with Crippen molar-refractivity contribution in [2.45, 2.75) is 38.1 Å². The van der Waals surface area contributed by atoms with Crippen molar-refractivity contribution in [3.8, 4) is 0 Å². The lowest BCUT2D eigenvalue weighted by molar-refractivity contribution is 0.374. The van der Waals surface area contributed by atoms with Crippen molar-refractivity contribution in [1.29, 1.82) is 0 Å². The maximum Gasteiger partial charge on any atom is 0.0406 e. The van der Waals surface area contributed by atoms with Crippen molar-refractivity contribution in [2.24, 2.45) is 0 Å². The molecule has 0 aromatic heterocycles. The normalized spacial score (nSPS) is 20.9. The Labute approximate surface area is 139 Å². The molecule has 0 heterocycles. The van der Waals surface area contributed by atoms with E-state index in [0.29, 0.717) is 12.0 Å². The van der Waals surface area contributed by atoms with E-state index in [-0.39, 0.29) is 0 Å². The zero-order chi connectivity index (χ0) is 14.8. The molecule has 0 atom stereocenters. The Hall–Kier alpha value is -0.990. The summed E-state index contributed by atoms with van der Waals surface area (Å²) in [5.74, 6) is 0.667. The van der Waals surface area contributed by atoms with Gasteiger partial charge >= 0.3 is 0 Å². The van der Waals surface area contributed by atoms with Gasteiger partial charge in [0.2, 0.25) is 0 Å². The first-order chi connectivity index (χ1) is 10.2. The van der Waals surface area contributed by atoms with Crippen LogP contribution >= 0.6 is 27.5 Å². The fourth-order valence-corrected chi connectivity index (χ4v) is 3.49. The van der Waals surface area contributed by atoms with E-state index in [4.69, 9.17) is 11.6 Å². The number of rotatable bonds is 4. The second kappa shape index (κ2) is 6.41. The third kappa shape index (κ3) is 3.44. The molecule has 3 heteroatoms. The lowest BCUT2D eigenvalue weighted by Crippen LogP contribution is -2.34. The fraction of sp³-hybridized carbons (Fsp3) is 0.333. The predicted octanol–water partition coefficient (Wildman–Crippen LogP) is 6.02. The standard InChI is InChI=1S/C18H19BrClN/c1-2-12-9-15(19)5-8-18(12)21-17-10-14(11-17)13-3-6-16(20)7-4-13/h3-9,14,17,21H,2,10-11H2,1H3. The van der Waals surface area contributed by atoms with Crippen LogP contribution in [0.15, 0.2) is 46.9 Å². The van der Waals surface area contributed by atoms with Crippen LogP contribution < -0.4 is 5.32 Å². The average Bonchev–Trinajstić information content (AvgIpc) is 2.45. The third-order valence-electron chi connectivity index (χ3n) is 4.29. The Morgan fingerprint density at radius 2 is 1.86 bits per heavy atom. The van der Waals surface area contributed by atoms with Gasteiger partial charge in [0, 0.05) is 21.2 Å². The van der Waals surface area contributed by atoms with Crippen LogP contribution in [0.1, 0.15) is 36.8 Å². The quantitative estimate of drug-likeness (QED) is 0.699. The van der Waals surface area contributed by atoms with Crippen LogP contribution in [0.25, 0.3) is 0 Å². The number of benzene rings is 2. The van der Waals surface area contributed by atoms with E-state index in [1.165, 1.54) is 29.7 Å². The lowest BCUT2D eigenvalue weighted by Gasteiger charge is -2.37. The molecule has 1 aliphatic rings. The van der Waals surface area contributed by atoms with Crippen LogP contribution in [0.4, 0.5) is 5.69 Å². The first-order valence-corrected chi connectivity index (χ1v) is 8.63. The van der Waals surface area contributed by atoms with E-state index in [1.807, 2.05) is 12.1 Å². The van der Waals surface area contributed by atoms with Gasteiger partial charge in [0.1, 0.15) is 0 Å². The minimum Gasteiger partial charge on any atom is -0.382 e. The van der Waals surface area contributed by atoms with E-state index in [9.17, 15) is 0 Å². The van der Waals surface area contributed by atoms with Gasteiger partial charge in [0.05, 0.1) is 0 Å². The summed E-state index contributed by atoms with van der Waals surface area (Å²) in [4.78, 5) is 0. The molecule has 0 unspecified atom stereocenters. The number of hydrogen-bond acceptors (Lipinski definition) is 1. The van der Waals surface area contributed by atoms with Crippen molar-refractivity contribution in [3.63, 3.8) is 0 Å². The second-order valence-corrected chi connectivity index (χ2v) is 7.07. The van der Waals surface area contributed by atoms with Gasteiger partial charge < -0.3 is 5.32 Å². The molecule has 0 saturated heterocycles. The van der Waals surface area contributed by atoms with Crippen molar-refractivity contribution in [2.75, 3.05) is 5.32 Å². The summed E-state index contributed by atoms with van der Waals surface area (Å²) in [5.41, 5.74) is 4.06. The Kier molecular flexibility index (Phi) is 4.56. The highest BCUT2D eigenvalue weighted by atomic mass is 79.9. The molecule has 3 rings (SSSR count). The zero-order valence-electron chi connectivity index (χ0n) is 12.1. The summed E-state index contributed by atoms with van der Waals surface area (Å²) in [5, 5.41) is 4.50. The minimum absolute atomic E-state index is 0.581. The van der Waals surface area contributed by atoms with Gasteiger partial charge in [-0.05, 0) is 66.6 Å². The molecule has 2 aromatic carbocycles. The number of halogens is 2. The second-order valence-electron chi connectivity index (χ2n) is 5.72. The monoisotopic (exact) mass is 363 g/mol. The molecule has 1 aliphatic carbocycles. The summed E-state index contributed by atoms with van der Waals surface area (Å²) < 4.78 is 1.15. The summed E-state index contributed by atoms with van der Waals surface area (Å²) in [7, 11) is 0. The van der Waals surface area contributed by atoms with Crippen molar-refractivity contribution < 1.29 is 0 Å². The molecule has 0 bridgehead atoms. The molecule has 110 valence electrons. The summed E-state index contributed by atoms with van der Waals surface area (Å²) in [6.45, 7) is 2.20. The van der Waals surface area contributed by atoms with Gasteiger partial charge in [0.15, 0.2) is 0 Å². The Balaban J connectivity index is 1.61. The van der Waals surface area contributed by atoms with E-state index in [1.54, 1.807) is 0 Å². The first kappa shape index (κ1) is 14.9. The lowest BCUT2D eigenvalue weighted by atomic mass is 9.76. The van der Waals surface area contributed by atoms with Crippen molar-refractivity contribution >= 4 is 33.2 Å². The fourth-order valence-electron chi connectivity index (χ4n) is 2.96. The van der Waals surface area contributed by atoms with Crippen LogP contribution in [0.5, 0.6) is 0 Å². The molecule has 1 saturated carbocycles. The molecule has 21 heavy (non-hydrogen) atoms. The molecular formula is C18H19BrClN. The molecule has 2 aromatic rings. The van der Waals surface area contributed by atoms with Crippen molar-refractivity contribution in [1.82, 2.24) is 0 Å². The zero-order valence-corrected chi connectivity index (χ0v) is 14.4. The number of nitrogens with one attached hydrogen (secondary N) is 1. The summed E-state index contributed by atoms with van der Waals surface area (Å²) in [6, 6.07) is 15.4. The van der Waals surface area contributed by atoms with Crippen LogP contribution in [-0.2, 0) is 6.42 Å². The maximum atomic E-state index is 5.94. The van der Waals surface area contributed by atoms with E-state index in [0.717, 1.165) is 15.9 Å². The van der Waals surface area contributed by atoms with Crippen molar-refractivity contribution in [3.05, 3.63) is 63.1 Å². The Morgan fingerprint density at radius 1 is 1.14 bits per heavy atom. The Bertz CT molecular complexity index is 618. The SMILES string of the molecule is CCc1cc(Br)ccc1NC1CC(c2ccc(Cl)cc2)C1. The Morgan fingerprint density at radius 3 is 2.52 bits per heavy atom. The molecule has 0 amide bonds. The average molecular weight is 365 g/mol. The third-order valence-corrected chi connectivity index (χ3v) is 5.03. The van der Waals surface area contributed by atoms with E-state index in [2.05, 4.69) is 58.5 Å². The highest BCUT2D eigenvalue weighted by Gasteiger charge is 2.30. The smallest absolute Gasteiger partial charge is 0.0406 e. The number of anilines is 1. The molecule has 1 fully saturated rings. The van der Waals surface area contributed by atoms with Gasteiger partial charge in [-0.25, -0.2) is 0 Å². The molecule has 1 N–H and O–H groups in total. The van der Waals surface area contributed by atoms with E-state index < -0.39 is 0 Å². The number of hydrogen-bond donors (Lipinski definition) is 1. The topological polar surface area (TPSA) is 12.0 Å². The number of aryl methyl sites for hydroxylation is 1. The first-order valence-electron chi connectivity index (χ1n) is 7.46. The van der Waals surface area contributed by atoms with Gasteiger partial charge in [-0.3, -0.25) is 0 Å². The highest BCUT2D eigenvalue weighted by Crippen LogP contribution is 2.39. The molecule has 0 radical (unpaired) electrons. The maximum absolute atomic E-state index is 5.94. The van der Waals surface area contributed by atoms with Gasteiger partial charge in [-0.1, -0.05) is 46.6 Å². The minimum atomic E-state index is 0.581. The predicted molar refractivity (Wildman–Crippen MR) is 94.4 cm³/mol. The molecule has 0 aliphatic heterocycles. The van der Waals surface area contributed by atoms with Crippen LogP contribution in [0.3, 0.4) is 0 Å². The molecular weight excluding hydrogens is 346 g/mol. The van der Waals surface area contributed by atoms with Crippen LogP contribution in [-0.4, -0.2) is 6.04 Å². The largest absolute Gasteiger partial charge is 0.382 e. The van der Waals surface area contributed by atoms with Crippen LogP contribution in [0, 0.1) is 0 Å². The molecule has 0 spiro atoms. The van der Waals surface area contributed by atoms with Gasteiger partial charge in [0.25, 0.3) is 0 Å². The van der Waals surface area contributed by atoms with E-state index >= 15 is 0 Å². The van der Waals surface area contributed by atoms with Gasteiger partial charge in [-0.2, -0.15) is 0 Å². The van der Waals surface area contributed by atoms with Crippen LogP contribution in [0.2, 0.25) is 5.02 Å². The molecule has 1 nitrogen and oxygen atoms in total. The summed E-state index contributed by atoms with van der Waals surface area (Å²) in [6.07, 6.45) is 3.44. The summed E-state index contributed by atoms with van der Waals surface area (Å²) >= 11 is 9.49. The van der Waals surface area contributed by atoms with Gasteiger partial charge in [-0.15, -0.1) is 0 Å².